The zero-order valence-corrected chi connectivity index (χ0v) is 20.8. The van der Waals surface area contributed by atoms with Gasteiger partial charge in [0.05, 0.1) is 22.3 Å². The minimum absolute atomic E-state index is 0.143. The minimum Gasteiger partial charge on any atom is -0.368 e. The third-order valence-corrected chi connectivity index (χ3v) is 8.30. The first-order valence-corrected chi connectivity index (χ1v) is 12.7. The van der Waals surface area contributed by atoms with Gasteiger partial charge >= 0.3 is 0 Å². The van der Waals surface area contributed by atoms with Crippen LogP contribution < -0.4 is 9.21 Å². The number of carbonyl (C=O) groups excluding carboxylic acids is 1. The van der Waals surface area contributed by atoms with E-state index in [9.17, 15) is 13.2 Å². The van der Waals surface area contributed by atoms with Crippen LogP contribution in [0.5, 0.6) is 0 Å². The van der Waals surface area contributed by atoms with Gasteiger partial charge in [-0.1, -0.05) is 29.8 Å². The normalized spacial score (nSPS) is 14.2. The lowest BCUT2D eigenvalue weighted by molar-refractivity contribution is 0.0746. The molecule has 0 spiro atoms. The number of hydrogen-bond acceptors (Lipinski definition) is 5. The van der Waals surface area contributed by atoms with E-state index in [4.69, 9.17) is 0 Å². The molecule has 34 heavy (non-hydrogen) atoms. The molecule has 178 valence electrons. The number of rotatable bonds is 5. The maximum atomic E-state index is 13.2. The SMILES string of the molecule is Cc1ccc(S(=O)(=O)N(C)c2cncc(C(=O)N3CCN(c4cccc(C)c4C)CC3)c2)cc1. The molecule has 7 nitrogen and oxygen atoms in total. The van der Waals surface area contributed by atoms with E-state index in [0.717, 1.165) is 18.7 Å². The first-order valence-electron chi connectivity index (χ1n) is 11.3. The summed E-state index contributed by atoms with van der Waals surface area (Å²) >= 11 is 0. The molecule has 1 amide bonds. The summed E-state index contributed by atoms with van der Waals surface area (Å²) in [7, 11) is -2.28. The Bertz CT molecular complexity index is 1300. The fourth-order valence-corrected chi connectivity index (χ4v) is 5.31. The molecule has 1 fully saturated rings. The lowest BCUT2D eigenvalue weighted by Gasteiger charge is -2.37. The van der Waals surface area contributed by atoms with E-state index >= 15 is 0 Å². The van der Waals surface area contributed by atoms with Crippen molar-refractivity contribution in [3.63, 3.8) is 0 Å². The number of anilines is 2. The number of amides is 1. The van der Waals surface area contributed by atoms with Crippen LogP contribution >= 0.6 is 0 Å². The van der Waals surface area contributed by atoms with E-state index in [2.05, 4.69) is 41.9 Å². The predicted octanol–water partition coefficient (Wildman–Crippen LogP) is 3.79. The zero-order chi connectivity index (χ0) is 24.5. The highest BCUT2D eigenvalue weighted by Gasteiger charge is 2.26. The molecular weight excluding hydrogens is 448 g/mol. The van der Waals surface area contributed by atoms with Crippen molar-refractivity contribution in [3.05, 3.63) is 83.2 Å². The van der Waals surface area contributed by atoms with E-state index in [-0.39, 0.29) is 10.8 Å². The third-order valence-electron chi connectivity index (χ3n) is 6.50. The molecule has 0 bridgehead atoms. The summed E-state index contributed by atoms with van der Waals surface area (Å²) in [6.07, 6.45) is 2.95. The minimum atomic E-state index is -3.76. The number of piperazine rings is 1. The van der Waals surface area contributed by atoms with Crippen molar-refractivity contribution in [3.8, 4) is 0 Å². The summed E-state index contributed by atoms with van der Waals surface area (Å²) in [5.74, 6) is -0.143. The topological polar surface area (TPSA) is 73.8 Å². The van der Waals surface area contributed by atoms with Crippen molar-refractivity contribution in [2.24, 2.45) is 0 Å². The number of carbonyl (C=O) groups is 1. The van der Waals surface area contributed by atoms with Gasteiger partial charge in [0.25, 0.3) is 15.9 Å². The number of aryl methyl sites for hydroxylation is 2. The molecular formula is C26H30N4O3S. The van der Waals surface area contributed by atoms with Crippen molar-refractivity contribution < 1.29 is 13.2 Å². The number of nitrogens with zero attached hydrogens (tertiary/aromatic N) is 4. The van der Waals surface area contributed by atoms with Crippen molar-refractivity contribution >= 4 is 27.3 Å². The van der Waals surface area contributed by atoms with Gasteiger partial charge in [0.15, 0.2) is 0 Å². The summed E-state index contributed by atoms with van der Waals surface area (Å²) in [4.78, 5) is 21.7. The molecule has 0 atom stereocenters. The van der Waals surface area contributed by atoms with Gasteiger partial charge in [-0.15, -0.1) is 0 Å². The summed E-state index contributed by atoms with van der Waals surface area (Å²) < 4.78 is 27.3. The van der Waals surface area contributed by atoms with Crippen LogP contribution in [0.25, 0.3) is 0 Å². The van der Waals surface area contributed by atoms with Crippen molar-refractivity contribution in [1.29, 1.82) is 0 Å². The van der Waals surface area contributed by atoms with Gasteiger partial charge in [-0.05, 0) is 56.2 Å². The van der Waals surface area contributed by atoms with E-state index in [1.54, 1.807) is 35.2 Å². The molecule has 2 aromatic carbocycles. The predicted molar refractivity (Wildman–Crippen MR) is 135 cm³/mol. The number of pyridine rings is 1. The maximum absolute atomic E-state index is 13.2. The Labute approximate surface area is 201 Å². The fraction of sp³-hybridized carbons (Fsp3) is 0.308. The van der Waals surface area contributed by atoms with Crippen LogP contribution in [0.2, 0.25) is 0 Å². The third kappa shape index (κ3) is 4.63. The van der Waals surface area contributed by atoms with Crippen molar-refractivity contribution in [2.75, 3.05) is 42.4 Å². The average molecular weight is 479 g/mol. The van der Waals surface area contributed by atoms with Crippen LogP contribution in [0.4, 0.5) is 11.4 Å². The smallest absolute Gasteiger partial charge is 0.264 e. The molecule has 2 heterocycles. The zero-order valence-electron chi connectivity index (χ0n) is 20.0. The number of benzene rings is 2. The Morgan fingerprint density at radius 1 is 0.941 bits per heavy atom. The Morgan fingerprint density at radius 2 is 1.62 bits per heavy atom. The Balaban J connectivity index is 1.48. The van der Waals surface area contributed by atoms with Gasteiger partial charge in [-0.25, -0.2) is 8.42 Å². The van der Waals surface area contributed by atoms with Crippen molar-refractivity contribution in [2.45, 2.75) is 25.7 Å². The second-order valence-corrected chi connectivity index (χ2v) is 10.7. The standard InChI is InChI=1S/C26H30N4O3S/c1-19-8-10-24(11-9-19)34(32,33)28(4)23-16-22(17-27-18-23)26(31)30-14-12-29(13-15-30)25-7-5-6-20(2)21(25)3/h5-11,16-18H,12-15H2,1-4H3. The number of hydrogen-bond donors (Lipinski definition) is 0. The Morgan fingerprint density at radius 3 is 2.29 bits per heavy atom. The van der Waals surface area contributed by atoms with E-state index in [0.29, 0.717) is 24.3 Å². The summed E-state index contributed by atoms with van der Waals surface area (Å²) in [5, 5.41) is 0. The van der Waals surface area contributed by atoms with Crippen LogP contribution in [-0.4, -0.2) is 57.4 Å². The number of sulfonamides is 1. The van der Waals surface area contributed by atoms with Gasteiger partial charge in [-0.3, -0.25) is 14.1 Å². The molecule has 0 saturated carbocycles. The quantitative estimate of drug-likeness (QED) is 0.558. The largest absolute Gasteiger partial charge is 0.368 e. The molecule has 3 aromatic rings. The van der Waals surface area contributed by atoms with Crippen molar-refractivity contribution in [1.82, 2.24) is 9.88 Å². The van der Waals surface area contributed by atoms with Gasteiger partial charge < -0.3 is 9.80 Å². The molecule has 8 heteroatoms. The van der Waals surface area contributed by atoms with Gasteiger partial charge in [0.2, 0.25) is 0 Å². The molecule has 0 N–H and O–H groups in total. The molecule has 0 unspecified atom stereocenters. The van der Waals surface area contributed by atoms with E-state index in [1.165, 1.54) is 40.6 Å². The fourth-order valence-electron chi connectivity index (χ4n) is 4.14. The van der Waals surface area contributed by atoms with Crippen LogP contribution in [-0.2, 0) is 10.0 Å². The summed E-state index contributed by atoms with van der Waals surface area (Å²) in [6, 6.07) is 14.6. The first-order chi connectivity index (χ1) is 16.2. The molecule has 4 rings (SSSR count). The van der Waals surface area contributed by atoms with E-state index in [1.807, 2.05) is 6.92 Å². The lowest BCUT2D eigenvalue weighted by Crippen LogP contribution is -2.49. The molecule has 1 aromatic heterocycles. The van der Waals surface area contributed by atoms with Crippen LogP contribution in [0.1, 0.15) is 27.0 Å². The highest BCUT2D eigenvalue weighted by Crippen LogP contribution is 2.25. The Kier molecular flexibility index (Phi) is 6.61. The van der Waals surface area contributed by atoms with Gasteiger partial charge in [-0.2, -0.15) is 0 Å². The highest BCUT2D eigenvalue weighted by molar-refractivity contribution is 7.92. The highest BCUT2D eigenvalue weighted by atomic mass is 32.2. The second kappa shape index (κ2) is 9.46. The van der Waals surface area contributed by atoms with E-state index < -0.39 is 10.0 Å². The second-order valence-electron chi connectivity index (χ2n) is 8.72. The maximum Gasteiger partial charge on any atom is 0.264 e. The molecule has 1 aliphatic rings. The summed E-state index contributed by atoms with van der Waals surface area (Å²) in [6.45, 7) is 8.80. The lowest BCUT2D eigenvalue weighted by atomic mass is 10.1. The van der Waals surface area contributed by atoms with Crippen LogP contribution in [0, 0.1) is 20.8 Å². The monoisotopic (exact) mass is 478 g/mol. The molecule has 1 saturated heterocycles. The average Bonchev–Trinajstić information content (AvgIpc) is 2.85. The molecule has 1 aliphatic heterocycles. The Hall–Kier alpha value is -3.39. The molecule has 0 aliphatic carbocycles. The summed E-state index contributed by atoms with van der Waals surface area (Å²) in [5.41, 5.74) is 5.43. The van der Waals surface area contributed by atoms with Crippen LogP contribution in [0.3, 0.4) is 0 Å². The van der Waals surface area contributed by atoms with Gasteiger partial charge in [0.1, 0.15) is 0 Å². The molecule has 0 radical (unpaired) electrons. The van der Waals surface area contributed by atoms with Crippen LogP contribution in [0.15, 0.2) is 65.8 Å². The number of aromatic nitrogens is 1. The van der Waals surface area contributed by atoms with Gasteiger partial charge in [0, 0.05) is 45.1 Å². The first kappa shape index (κ1) is 23.8.